The Morgan fingerprint density at radius 3 is 2.89 bits per heavy atom. The SMILES string of the molecule is Cn1c(=O)oc2cc(S(=O)(=O)N3CCCC3c3nnc4ccccn34)ccc21. The fourth-order valence-electron chi connectivity index (χ4n) is 3.78. The first-order valence-corrected chi connectivity index (χ1v) is 10.3. The van der Waals surface area contributed by atoms with Gasteiger partial charge in [-0.2, -0.15) is 4.31 Å². The zero-order chi connectivity index (χ0) is 19.5. The van der Waals surface area contributed by atoms with Crippen molar-refractivity contribution in [2.45, 2.75) is 23.8 Å². The molecule has 1 fully saturated rings. The van der Waals surface area contributed by atoms with E-state index < -0.39 is 21.8 Å². The molecule has 0 radical (unpaired) electrons. The van der Waals surface area contributed by atoms with Gasteiger partial charge in [-0.05, 0) is 37.1 Å². The van der Waals surface area contributed by atoms with E-state index in [1.54, 1.807) is 13.1 Å². The molecule has 3 aromatic heterocycles. The topological polar surface area (TPSA) is 103 Å². The van der Waals surface area contributed by atoms with Gasteiger partial charge in [0.15, 0.2) is 17.1 Å². The summed E-state index contributed by atoms with van der Waals surface area (Å²) in [6.45, 7) is 0.394. The largest absolute Gasteiger partial charge is 0.419 e. The molecule has 0 aliphatic carbocycles. The van der Waals surface area contributed by atoms with Gasteiger partial charge in [0.2, 0.25) is 10.0 Å². The molecule has 0 spiro atoms. The molecule has 1 atom stereocenters. The molecule has 9 nitrogen and oxygen atoms in total. The molecule has 144 valence electrons. The van der Waals surface area contributed by atoms with Crippen LogP contribution in [0.5, 0.6) is 0 Å². The number of aromatic nitrogens is 4. The molecule has 0 amide bonds. The van der Waals surface area contributed by atoms with Crippen molar-refractivity contribution in [1.82, 2.24) is 23.5 Å². The van der Waals surface area contributed by atoms with E-state index in [9.17, 15) is 13.2 Å². The number of sulfonamides is 1. The van der Waals surface area contributed by atoms with Gasteiger partial charge in [0, 0.05) is 25.9 Å². The minimum absolute atomic E-state index is 0.0927. The minimum Gasteiger partial charge on any atom is -0.408 e. The van der Waals surface area contributed by atoms with Crippen LogP contribution in [0.3, 0.4) is 0 Å². The highest BCUT2D eigenvalue weighted by Crippen LogP contribution is 2.36. The number of pyridine rings is 1. The standard InChI is InChI=1S/C18H17N5O4S/c1-21-13-8-7-12(11-15(13)27-18(21)24)28(25,26)23-10-4-5-14(23)17-20-19-16-6-2-3-9-22(16)17/h2-3,6-9,11,14H,4-5,10H2,1H3. The molecule has 5 rings (SSSR count). The van der Waals surface area contributed by atoms with E-state index >= 15 is 0 Å². The molecule has 1 aliphatic rings. The first kappa shape index (κ1) is 17.1. The van der Waals surface area contributed by atoms with Crippen LogP contribution in [0, 0.1) is 0 Å². The second-order valence-corrected chi connectivity index (χ2v) is 8.71. The number of oxazole rings is 1. The summed E-state index contributed by atoms with van der Waals surface area (Å²) >= 11 is 0. The van der Waals surface area contributed by atoms with E-state index in [1.165, 1.54) is 21.0 Å². The summed E-state index contributed by atoms with van der Waals surface area (Å²) in [4.78, 5) is 11.8. The molecule has 1 aliphatic heterocycles. The molecular weight excluding hydrogens is 382 g/mol. The van der Waals surface area contributed by atoms with E-state index in [1.807, 2.05) is 28.8 Å². The van der Waals surface area contributed by atoms with Crippen molar-refractivity contribution in [1.29, 1.82) is 0 Å². The van der Waals surface area contributed by atoms with Gasteiger partial charge < -0.3 is 4.42 Å². The number of hydrogen-bond donors (Lipinski definition) is 0. The van der Waals surface area contributed by atoms with E-state index in [4.69, 9.17) is 4.42 Å². The van der Waals surface area contributed by atoms with Gasteiger partial charge in [0.05, 0.1) is 16.5 Å². The summed E-state index contributed by atoms with van der Waals surface area (Å²) in [6.07, 6.45) is 3.23. The van der Waals surface area contributed by atoms with Crippen LogP contribution in [0.25, 0.3) is 16.7 Å². The smallest absolute Gasteiger partial charge is 0.408 e. The van der Waals surface area contributed by atoms with Crippen LogP contribution in [-0.4, -0.2) is 38.4 Å². The van der Waals surface area contributed by atoms with Crippen LogP contribution in [0.1, 0.15) is 24.7 Å². The summed E-state index contributed by atoms with van der Waals surface area (Å²) in [5, 5.41) is 8.39. The maximum atomic E-state index is 13.4. The second-order valence-electron chi connectivity index (χ2n) is 6.82. The normalized spacial score (nSPS) is 18.4. The molecular formula is C18H17N5O4S. The lowest BCUT2D eigenvalue weighted by Crippen LogP contribution is -2.31. The van der Waals surface area contributed by atoms with E-state index in [2.05, 4.69) is 10.2 Å². The van der Waals surface area contributed by atoms with Crippen LogP contribution in [-0.2, 0) is 17.1 Å². The van der Waals surface area contributed by atoms with Crippen molar-refractivity contribution in [3.8, 4) is 0 Å². The summed E-state index contributed by atoms with van der Waals surface area (Å²) < 4.78 is 36.5. The van der Waals surface area contributed by atoms with E-state index in [0.29, 0.717) is 30.0 Å². The van der Waals surface area contributed by atoms with Gasteiger partial charge in [-0.1, -0.05) is 6.07 Å². The lowest BCUT2D eigenvalue weighted by molar-refractivity contribution is 0.381. The molecule has 1 unspecified atom stereocenters. The third-order valence-corrected chi connectivity index (χ3v) is 7.12. The average Bonchev–Trinajstić information content (AvgIpc) is 3.39. The summed E-state index contributed by atoms with van der Waals surface area (Å²) in [5.41, 5.74) is 1.47. The predicted molar refractivity (Wildman–Crippen MR) is 100 cm³/mol. The predicted octanol–water partition coefficient (Wildman–Crippen LogP) is 1.70. The number of nitrogens with zero attached hydrogens (tertiary/aromatic N) is 5. The summed E-state index contributed by atoms with van der Waals surface area (Å²) in [5.74, 6) is 0.0718. The Bertz CT molecular complexity index is 1370. The lowest BCUT2D eigenvalue weighted by atomic mass is 10.2. The van der Waals surface area contributed by atoms with Gasteiger partial charge >= 0.3 is 5.76 Å². The Morgan fingerprint density at radius 1 is 1.18 bits per heavy atom. The lowest BCUT2D eigenvalue weighted by Gasteiger charge is -2.23. The Morgan fingerprint density at radius 2 is 2.04 bits per heavy atom. The zero-order valence-corrected chi connectivity index (χ0v) is 15.8. The molecule has 0 N–H and O–H groups in total. The third kappa shape index (κ3) is 2.41. The molecule has 4 heterocycles. The van der Waals surface area contributed by atoms with Crippen molar-refractivity contribution >= 4 is 26.8 Å². The molecule has 28 heavy (non-hydrogen) atoms. The Kier molecular flexibility index (Phi) is 3.68. The first-order valence-electron chi connectivity index (χ1n) is 8.88. The van der Waals surface area contributed by atoms with Crippen molar-refractivity contribution < 1.29 is 12.8 Å². The van der Waals surface area contributed by atoms with Gasteiger partial charge in [-0.3, -0.25) is 8.97 Å². The highest BCUT2D eigenvalue weighted by atomic mass is 32.2. The van der Waals surface area contributed by atoms with Crippen molar-refractivity contribution in [2.75, 3.05) is 6.54 Å². The van der Waals surface area contributed by atoms with Gasteiger partial charge in [0.1, 0.15) is 0 Å². The minimum atomic E-state index is -3.80. The molecule has 1 aromatic carbocycles. The van der Waals surface area contributed by atoms with Gasteiger partial charge in [0.25, 0.3) is 0 Å². The maximum absolute atomic E-state index is 13.4. The maximum Gasteiger partial charge on any atom is 0.419 e. The quantitative estimate of drug-likeness (QED) is 0.520. The van der Waals surface area contributed by atoms with Crippen molar-refractivity contribution in [3.63, 3.8) is 0 Å². The molecule has 0 bridgehead atoms. The Labute approximate surface area is 159 Å². The monoisotopic (exact) mass is 399 g/mol. The molecule has 1 saturated heterocycles. The van der Waals surface area contributed by atoms with Crippen molar-refractivity contribution in [3.05, 3.63) is 59.0 Å². The second kappa shape index (κ2) is 6.01. The first-order chi connectivity index (χ1) is 13.5. The number of benzene rings is 1. The Balaban J connectivity index is 1.59. The number of rotatable bonds is 3. The number of hydrogen-bond acceptors (Lipinski definition) is 6. The zero-order valence-electron chi connectivity index (χ0n) is 15.0. The molecule has 4 aromatic rings. The van der Waals surface area contributed by atoms with E-state index in [-0.39, 0.29) is 10.5 Å². The highest BCUT2D eigenvalue weighted by molar-refractivity contribution is 7.89. The van der Waals surface area contributed by atoms with E-state index in [0.717, 1.165) is 6.42 Å². The van der Waals surface area contributed by atoms with Gasteiger partial charge in [-0.15, -0.1) is 10.2 Å². The molecule has 0 saturated carbocycles. The number of aryl methyl sites for hydroxylation is 1. The number of fused-ring (bicyclic) bond motifs is 2. The van der Waals surface area contributed by atoms with Crippen molar-refractivity contribution in [2.24, 2.45) is 7.05 Å². The van der Waals surface area contributed by atoms with Gasteiger partial charge in [-0.25, -0.2) is 13.2 Å². The summed E-state index contributed by atoms with van der Waals surface area (Å²) in [6, 6.07) is 9.65. The highest BCUT2D eigenvalue weighted by Gasteiger charge is 2.38. The fraction of sp³-hybridized carbons (Fsp3) is 0.278. The van der Waals surface area contributed by atoms with Crippen LogP contribution >= 0.6 is 0 Å². The average molecular weight is 399 g/mol. The molecule has 10 heteroatoms. The van der Waals surface area contributed by atoms with Crippen LogP contribution < -0.4 is 5.76 Å². The van der Waals surface area contributed by atoms with Crippen LogP contribution in [0.2, 0.25) is 0 Å². The van der Waals surface area contributed by atoms with Crippen LogP contribution in [0.15, 0.2) is 56.7 Å². The Hall–Kier alpha value is -2.98. The van der Waals surface area contributed by atoms with Crippen LogP contribution in [0.4, 0.5) is 0 Å². The fourth-order valence-corrected chi connectivity index (χ4v) is 5.45. The summed E-state index contributed by atoms with van der Waals surface area (Å²) in [7, 11) is -2.22. The third-order valence-electron chi connectivity index (χ3n) is 5.21.